The Bertz CT molecular complexity index is 738. The summed E-state index contributed by atoms with van der Waals surface area (Å²) >= 11 is 0. The topological polar surface area (TPSA) is 54.9 Å². The second-order valence-corrected chi connectivity index (χ2v) is 6.62. The predicted octanol–water partition coefficient (Wildman–Crippen LogP) is 4.57. The SMILES string of the molecule is C=CCOc1ccccc1CNC(=NC)NCCCCOCCc1ccccc1.I. The molecule has 0 atom stereocenters. The number of hydrogen-bond donors (Lipinski definition) is 2. The molecule has 0 saturated carbocycles. The normalized spacial score (nSPS) is 10.8. The molecule has 0 heterocycles. The number of guanidine groups is 1. The summed E-state index contributed by atoms with van der Waals surface area (Å²) in [6, 6.07) is 18.4. The average Bonchev–Trinajstić information content (AvgIpc) is 2.77. The molecule has 0 aliphatic rings. The van der Waals surface area contributed by atoms with E-state index in [1.165, 1.54) is 5.56 Å². The highest BCUT2D eigenvalue weighted by molar-refractivity contribution is 14.0. The number of hydrogen-bond acceptors (Lipinski definition) is 3. The number of nitrogens with one attached hydrogen (secondary N) is 2. The molecule has 2 N–H and O–H groups in total. The first kappa shape index (κ1) is 26.0. The molecule has 0 saturated heterocycles. The summed E-state index contributed by atoms with van der Waals surface area (Å²) in [5.74, 6) is 1.65. The van der Waals surface area contributed by atoms with Gasteiger partial charge in [0.2, 0.25) is 0 Å². The molecule has 0 bridgehead atoms. The molecule has 2 aromatic rings. The summed E-state index contributed by atoms with van der Waals surface area (Å²) in [4.78, 5) is 4.28. The number of nitrogens with zero attached hydrogens (tertiary/aromatic N) is 1. The van der Waals surface area contributed by atoms with Crippen LogP contribution in [-0.2, 0) is 17.7 Å². The zero-order valence-electron chi connectivity index (χ0n) is 17.8. The van der Waals surface area contributed by atoms with Crippen LogP contribution in [0, 0.1) is 0 Å². The molecule has 0 aliphatic carbocycles. The molecule has 30 heavy (non-hydrogen) atoms. The molecule has 0 aliphatic heterocycles. The van der Waals surface area contributed by atoms with Crippen LogP contribution < -0.4 is 15.4 Å². The van der Waals surface area contributed by atoms with Crippen molar-refractivity contribution in [3.8, 4) is 5.75 Å². The minimum absolute atomic E-state index is 0. The molecule has 0 radical (unpaired) electrons. The van der Waals surface area contributed by atoms with E-state index in [4.69, 9.17) is 9.47 Å². The molecule has 164 valence electrons. The lowest BCUT2D eigenvalue weighted by atomic mass is 10.2. The van der Waals surface area contributed by atoms with Crippen molar-refractivity contribution in [3.05, 3.63) is 78.4 Å². The maximum Gasteiger partial charge on any atom is 0.191 e. The molecular weight excluding hydrogens is 489 g/mol. The predicted molar refractivity (Wildman–Crippen MR) is 136 cm³/mol. The quantitative estimate of drug-likeness (QED) is 0.133. The Morgan fingerprint density at radius 1 is 1.00 bits per heavy atom. The van der Waals surface area contributed by atoms with Crippen molar-refractivity contribution >= 4 is 29.9 Å². The molecule has 0 unspecified atom stereocenters. The molecule has 0 fully saturated rings. The molecule has 0 aromatic heterocycles. The number of ether oxygens (including phenoxy) is 2. The highest BCUT2D eigenvalue weighted by atomic mass is 127. The third-order valence-corrected chi connectivity index (χ3v) is 4.38. The van der Waals surface area contributed by atoms with E-state index in [-0.39, 0.29) is 24.0 Å². The second kappa shape index (κ2) is 16.7. The second-order valence-electron chi connectivity index (χ2n) is 6.62. The number of rotatable bonds is 13. The van der Waals surface area contributed by atoms with Gasteiger partial charge in [0.15, 0.2) is 5.96 Å². The van der Waals surface area contributed by atoms with E-state index in [0.717, 1.165) is 56.3 Å². The van der Waals surface area contributed by atoms with Crippen molar-refractivity contribution in [2.24, 2.45) is 4.99 Å². The molecule has 2 rings (SSSR count). The molecular formula is C24H34IN3O2. The standard InChI is InChI=1S/C24H33N3O2.HI/c1-3-17-29-23-14-8-7-13-22(23)20-27-24(25-2)26-16-9-10-18-28-19-15-21-11-5-4-6-12-21;/h3-8,11-14H,1,9-10,15-20H2,2H3,(H2,25,26,27);1H. The van der Waals surface area contributed by atoms with Crippen LogP contribution >= 0.6 is 24.0 Å². The molecule has 2 aromatic carbocycles. The van der Waals surface area contributed by atoms with Gasteiger partial charge in [0.25, 0.3) is 0 Å². The van der Waals surface area contributed by atoms with Crippen LogP contribution in [-0.4, -0.2) is 39.4 Å². The Hall–Kier alpha value is -2.06. The van der Waals surface area contributed by atoms with E-state index in [1.807, 2.05) is 30.3 Å². The van der Waals surface area contributed by atoms with Gasteiger partial charge in [0.1, 0.15) is 12.4 Å². The fourth-order valence-electron chi connectivity index (χ4n) is 2.81. The van der Waals surface area contributed by atoms with Gasteiger partial charge in [-0.25, -0.2) is 0 Å². The van der Waals surface area contributed by atoms with Crippen molar-refractivity contribution < 1.29 is 9.47 Å². The highest BCUT2D eigenvalue weighted by Gasteiger charge is 2.04. The molecule has 5 nitrogen and oxygen atoms in total. The van der Waals surface area contributed by atoms with Gasteiger partial charge < -0.3 is 20.1 Å². The highest BCUT2D eigenvalue weighted by Crippen LogP contribution is 2.17. The lowest BCUT2D eigenvalue weighted by molar-refractivity contribution is 0.133. The Kier molecular flexibility index (Phi) is 14.5. The first-order chi connectivity index (χ1) is 14.3. The summed E-state index contributed by atoms with van der Waals surface area (Å²) in [6.45, 7) is 7.25. The van der Waals surface area contributed by atoms with Crippen LogP contribution in [0.1, 0.15) is 24.0 Å². The Labute approximate surface area is 198 Å². The van der Waals surface area contributed by atoms with Crippen LogP contribution in [0.3, 0.4) is 0 Å². The molecule has 6 heteroatoms. The van der Waals surface area contributed by atoms with E-state index in [9.17, 15) is 0 Å². The van der Waals surface area contributed by atoms with Crippen molar-refractivity contribution in [2.75, 3.05) is 33.4 Å². The zero-order chi connectivity index (χ0) is 20.6. The Morgan fingerprint density at radius 3 is 2.53 bits per heavy atom. The minimum atomic E-state index is 0. The largest absolute Gasteiger partial charge is 0.489 e. The van der Waals surface area contributed by atoms with Gasteiger partial charge in [0.05, 0.1) is 6.61 Å². The van der Waals surface area contributed by atoms with E-state index in [0.29, 0.717) is 13.2 Å². The van der Waals surface area contributed by atoms with E-state index in [2.05, 4.69) is 46.5 Å². The van der Waals surface area contributed by atoms with Crippen LogP contribution in [0.25, 0.3) is 0 Å². The van der Waals surface area contributed by atoms with Crippen LogP contribution in [0.4, 0.5) is 0 Å². The number of halogens is 1. The molecule has 0 spiro atoms. The maximum atomic E-state index is 5.73. The van der Waals surface area contributed by atoms with Gasteiger partial charge in [0, 0.05) is 32.3 Å². The van der Waals surface area contributed by atoms with Gasteiger partial charge in [-0.3, -0.25) is 4.99 Å². The van der Waals surface area contributed by atoms with Crippen LogP contribution in [0.5, 0.6) is 5.75 Å². The Morgan fingerprint density at radius 2 is 1.77 bits per heavy atom. The van der Waals surface area contributed by atoms with Crippen molar-refractivity contribution in [1.82, 2.24) is 10.6 Å². The third kappa shape index (κ3) is 10.6. The monoisotopic (exact) mass is 523 g/mol. The smallest absolute Gasteiger partial charge is 0.191 e. The maximum absolute atomic E-state index is 5.73. The number of benzene rings is 2. The summed E-state index contributed by atoms with van der Waals surface area (Å²) < 4.78 is 11.4. The van der Waals surface area contributed by atoms with Gasteiger partial charge >= 0.3 is 0 Å². The number of unbranched alkanes of at least 4 members (excludes halogenated alkanes) is 1. The van der Waals surface area contributed by atoms with Crippen molar-refractivity contribution in [2.45, 2.75) is 25.8 Å². The molecule has 0 amide bonds. The summed E-state index contributed by atoms with van der Waals surface area (Å²) in [7, 11) is 1.78. The van der Waals surface area contributed by atoms with E-state index < -0.39 is 0 Å². The lowest BCUT2D eigenvalue weighted by Gasteiger charge is -2.14. The summed E-state index contributed by atoms with van der Waals surface area (Å²) in [5.41, 5.74) is 2.41. The van der Waals surface area contributed by atoms with Crippen molar-refractivity contribution in [3.63, 3.8) is 0 Å². The number of aliphatic imine (C=N–C) groups is 1. The van der Waals surface area contributed by atoms with Gasteiger partial charge in [-0.2, -0.15) is 0 Å². The van der Waals surface area contributed by atoms with Gasteiger partial charge in [-0.1, -0.05) is 61.2 Å². The van der Waals surface area contributed by atoms with E-state index >= 15 is 0 Å². The van der Waals surface area contributed by atoms with E-state index in [1.54, 1.807) is 13.1 Å². The summed E-state index contributed by atoms with van der Waals surface area (Å²) in [6.07, 6.45) is 4.77. The van der Waals surface area contributed by atoms with Crippen molar-refractivity contribution in [1.29, 1.82) is 0 Å². The minimum Gasteiger partial charge on any atom is -0.489 e. The third-order valence-electron chi connectivity index (χ3n) is 4.38. The number of para-hydroxylation sites is 1. The fourth-order valence-corrected chi connectivity index (χ4v) is 2.81. The fraction of sp³-hybridized carbons (Fsp3) is 0.375. The first-order valence-corrected chi connectivity index (χ1v) is 10.2. The van der Waals surface area contributed by atoms with Gasteiger partial charge in [-0.05, 0) is 30.9 Å². The Balaban J connectivity index is 0.00000450. The van der Waals surface area contributed by atoms with Crippen LogP contribution in [0.2, 0.25) is 0 Å². The van der Waals surface area contributed by atoms with Gasteiger partial charge in [-0.15, -0.1) is 24.0 Å². The zero-order valence-corrected chi connectivity index (χ0v) is 20.1. The van der Waals surface area contributed by atoms with Crippen LogP contribution in [0.15, 0.2) is 72.2 Å². The lowest BCUT2D eigenvalue weighted by Crippen LogP contribution is -2.37. The first-order valence-electron chi connectivity index (χ1n) is 10.2. The average molecular weight is 523 g/mol. The summed E-state index contributed by atoms with van der Waals surface area (Å²) in [5, 5.41) is 6.68.